The molecule has 0 aromatic heterocycles. The van der Waals surface area contributed by atoms with Crippen molar-refractivity contribution in [2.45, 2.75) is 39.5 Å². The Morgan fingerprint density at radius 1 is 1.38 bits per heavy atom. The normalized spacial score (nSPS) is 17.3. The lowest BCUT2D eigenvalue weighted by atomic mass is 10.0. The summed E-state index contributed by atoms with van der Waals surface area (Å²) in [4.78, 5) is 11.8. The summed E-state index contributed by atoms with van der Waals surface area (Å²) in [5.41, 5.74) is 3.85. The van der Waals surface area contributed by atoms with Gasteiger partial charge in [0.1, 0.15) is 0 Å². The molecule has 0 aliphatic carbocycles. The van der Waals surface area contributed by atoms with Gasteiger partial charge < -0.3 is 10.6 Å². The van der Waals surface area contributed by atoms with Gasteiger partial charge in [0.2, 0.25) is 5.91 Å². The number of rotatable bonds is 6. The van der Waals surface area contributed by atoms with E-state index in [0.717, 1.165) is 38.4 Å². The Balaban J connectivity index is 0.00000220. The van der Waals surface area contributed by atoms with Crippen LogP contribution in [0.3, 0.4) is 0 Å². The molecule has 0 spiro atoms. The first-order valence-electron chi connectivity index (χ1n) is 7.68. The number of carbonyl (C=O) groups excluding carboxylic acids is 1. The summed E-state index contributed by atoms with van der Waals surface area (Å²) in [6, 6.07) is 6.44. The highest BCUT2D eigenvalue weighted by atomic mass is 35.5. The molecule has 2 N–H and O–H groups in total. The molecular formula is C17H27ClN2O. The summed E-state index contributed by atoms with van der Waals surface area (Å²) in [5, 5.41) is 6.40. The molecule has 1 aliphatic rings. The zero-order valence-electron chi connectivity index (χ0n) is 13.1. The minimum Gasteiger partial charge on any atom is -0.356 e. The maximum Gasteiger partial charge on any atom is 0.220 e. The molecule has 1 atom stereocenters. The van der Waals surface area contributed by atoms with E-state index >= 15 is 0 Å². The predicted octanol–water partition coefficient (Wildman–Crippen LogP) is 2.77. The van der Waals surface area contributed by atoms with Crippen molar-refractivity contribution in [3.05, 3.63) is 34.9 Å². The lowest BCUT2D eigenvalue weighted by Crippen LogP contribution is -2.26. The van der Waals surface area contributed by atoms with E-state index in [4.69, 9.17) is 0 Å². The molecule has 2 rings (SSSR count). The van der Waals surface area contributed by atoms with Gasteiger partial charge in [-0.25, -0.2) is 0 Å². The number of hydrogen-bond donors (Lipinski definition) is 2. The highest BCUT2D eigenvalue weighted by molar-refractivity contribution is 5.85. The number of carbonyl (C=O) groups is 1. The summed E-state index contributed by atoms with van der Waals surface area (Å²) in [6.45, 7) is 7.27. The molecule has 1 unspecified atom stereocenters. The van der Waals surface area contributed by atoms with E-state index < -0.39 is 0 Å². The highest BCUT2D eigenvalue weighted by Gasteiger charge is 2.14. The minimum atomic E-state index is 0. The number of halogens is 1. The van der Waals surface area contributed by atoms with Gasteiger partial charge in [-0.05, 0) is 63.2 Å². The molecule has 0 bridgehead atoms. The Hall–Kier alpha value is -1.06. The number of hydrogen-bond acceptors (Lipinski definition) is 2. The number of aryl methyl sites for hydroxylation is 3. The van der Waals surface area contributed by atoms with Crippen LogP contribution in [0.2, 0.25) is 0 Å². The molecule has 1 aromatic carbocycles. The average molecular weight is 311 g/mol. The second-order valence-electron chi connectivity index (χ2n) is 5.93. The van der Waals surface area contributed by atoms with Crippen molar-refractivity contribution in [1.82, 2.24) is 10.6 Å². The molecule has 0 saturated carbocycles. The van der Waals surface area contributed by atoms with Gasteiger partial charge in [0.05, 0.1) is 0 Å². The standard InChI is InChI=1S/C17H26N2O.ClH/c1-13-3-4-16(14(2)11-13)5-6-17(20)19-10-8-15-7-9-18-12-15;/h3-4,11,15,18H,5-10,12H2,1-2H3,(H,19,20);1H. The molecule has 3 nitrogen and oxygen atoms in total. The van der Waals surface area contributed by atoms with Gasteiger partial charge in [0.25, 0.3) is 0 Å². The van der Waals surface area contributed by atoms with Crippen LogP contribution in [0.15, 0.2) is 18.2 Å². The van der Waals surface area contributed by atoms with Crippen molar-refractivity contribution < 1.29 is 4.79 Å². The Labute approximate surface area is 134 Å². The molecule has 118 valence electrons. The van der Waals surface area contributed by atoms with Crippen LogP contribution in [-0.4, -0.2) is 25.5 Å². The second-order valence-corrected chi connectivity index (χ2v) is 5.93. The third kappa shape index (κ3) is 6.06. The molecule has 1 aromatic rings. The lowest BCUT2D eigenvalue weighted by molar-refractivity contribution is -0.121. The molecule has 21 heavy (non-hydrogen) atoms. The second kappa shape index (κ2) is 9.06. The van der Waals surface area contributed by atoms with Crippen LogP contribution in [0.5, 0.6) is 0 Å². The van der Waals surface area contributed by atoms with Crippen molar-refractivity contribution in [2.24, 2.45) is 5.92 Å². The van der Waals surface area contributed by atoms with E-state index in [2.05, 4.69) is 42.7 Å². The van der Waals surface area contributed by atoms with Crippen LogP contribution >= 0.6 is 12.4 Å². The van der Waals surface area contributed by atoms with Gasteiger partial charge >= 0.3 is 0 Å². The van der Waals surface area contributed by atoms with E-state index in [1.807, 2.05) is 0 Å². The van der Waals surface area contributed by atoms with E-state index in [1.54, 1.807) is 0 Å². The smallest absolute Gasteiger partial charge is 0.220 e. The third-order valence-electron chi connectivity index (χ3n) is 4.16. The van der Waals surface area contributed by atoms with Gasteiger partial charge in [0, 0.05) is 13.0 Å². The fraction of sp³-hybridized carbons (Fsp3) is 0.588. The van der Waals surface area contributed by atoms with E-state index in [9.17, 15) is 4.79 Å². The van der Waals surface area contributed by atoms with Gasteiger partial charge in [-0.15, -0.1) is 12.4 Å². The van der Waals surface area contributed by atoms with Crippen molar-refractivity contribution in [1.29, 1.82) is 0 Å². The lowest BCUT2D eigenvalue weighted by Gasteiger charge is -2.10. The summed E-state index contributed by atoms with van der Waals surface area (Å²) in [6.07, 6.45) is 3.77. The molecule has 1 saturated heterocycles. The van der Waals surface area contributed by atoms with Crippen LogP contribution in [0.1, 0.15) is 36.0 Å². The Kier molecular flexibility index (Phi) is 7.76. The molecule has 1 heterocycles. The zero-order valence-corrected chi connectivity index (χ0v) is 13.9. The van der Waals surface area contributed by atoms with Gasteiger partial charge in [-0.2, -0.15) is 0 Å². The number of amides is 1. The molecule has 1 amide bonds. The maximum atomic E-state index is 11.8. The molecule has 4 heteroatoms. The zero-order chi connectivity index (χ0) is 14.4. The quantitative estimate of drug-likeness (QED) is 0.848. The fourth-order valence-electron chi connectivity index (χ4n) is 2.84. The Morgan fingerprint density at radius 3 is 2.86 bits per heavy atom. The first-order valence-corrected chi connectivity index (χ1v) is 7.68. The van der Waals surface area contributed by atoms with E-state index in [0.29, 0.717) is 6.42 Å². The van der Waals surface area contributed by atoms with Gasteiger partial charge in [-0.1, -0.05) is 23.8 Å². The van der Waals surface area contributed by atoms with Crippen LogP contribution < -0.4 is 10.6 Å². The van der Waals surface area contributed by atoms with E-state index in [-0.39, 0.29) is 18.3 Å². The first-order chi connectivity index (χ1) is 9.65. The van der Waals surface area contributed by atoms with Gasteiger partial charge in [0.15, 0.2) is 0 Å². The summed E-state index contributed by atoms with van der Waals surface area (Å²) in [5.74, 6) is 0.922. The minimum absolute atomic E-state index is 0. The summed E-state index contributed by atoms with van der Waals surface area (Å²) < 4.78 is 0. The fourth-order valence-corrected chi connectivity index (χ4v) is 2.84. The summed E-state index contributed by atoms with van der Waals surface area (Å²) in [7, 11) is 0. The Morgan fingerprint density at radius 2 is 2.19 bits per heavy atom. The maximum absolute atomic E-state index is 11.8. The largest absolute Gasteiger partial charge is 0.356 e. The first kappa shape index (κ1) is 18.0. The topological polar surface area (TPSA) is 41.1 Å². The average Bonchev–Trinajstić information content (AvgIpc) is 2.91. The van der Waals surface area contributed by atoms with Gasteiger partial charge in [-0.3, -0.25) is 4.79 Å². The van der Waals surface area contributed by atoms with Crippen molar-refractivity contribution in [3.63, 3.8) is 0 Å². The SMILES string of the molecule is Cc1ccc(CCC(=O)NCCC2CCNC2)c(C)c1.Cl. The predicted molar refractivity (Wildman–Crippen MR) is 90.1 cm³/mol. The third-order valence-corrected chi connectivity index (χ3v) is 4.16. The van der Waals surface area contributed by atoms with Crippen LogP contribution in [-0.2, 0) is 11.2 Å². The van der Waals surface area contributed by atoms with Crippen molar-refractivity contribution >= 4 is 18.3 Å². The Bertz CT molecular complexity index is 456. The van der Waals surface area contributed by atoms with E-state index in [1.165, 1.54) is 23.1 Å². The highest BCUT2D eigenvalue weighted by Crippen LogP contribution is 2.13. The van der Waals surface area contributed by atoms with Crippen molar-refractivity contribution in [3.8, 4) is 0 Å². The molecular weight excluding hydrogens is 284 g/mol. The molecule has 1 fully saturated rings. The monoisotopic (exact) mass is 310 g/mol. The molecule has 0 radical (unpaired) electrons. The van der Waals surface area contributed by atoms with Crippen LogP contribution in [0.25, 0.3) is 0 Å². The van der Waals surface area contributed by atoms with Crippen LogP contribution in [0.4, 0.5) is 0 Å². The number of benzene rings is 1. The van der Waals surface area contributed by atoms with Crippen molar-refractivity contribution in [2.75, 3.05) is 19.6 Å². The number of nitrogens with one attached hydrogen (secondary N) is 2. The summed E-state index contributed by atoms with van der Waals surface area (Å²) >= 11 is 0. The van der Waals surface area contributed by atoms with Crippen LogP contribution in [0, 0.1) is 19.8 Å². The molecule has 1 aliphatic heterocycles.